The van der Waals surface area contributed by atoms with Gasteiger partial charge in [-0.1, -0.05) is 18.2 Å². The molecule has 0 saturated heterocycles. The van der Waals surface area contributed by atoms with Gasteiger partial charge in [-0.05, 0) is 46.4 Å². The zero-order chi connectivity index (χ0) is 15.3. The number of aryl methyl sites for hydroxylation is 1. The highest BCUT2D eigenvalue weighted by atomic mass is 16.3. The summed E-state index contributed by atoms with van der Waals surface area (Å²) in [7, 11) is 1.86. The van der Waals surface area contributed by atoms with Crippen molar-refractivity contribution in [3.8, 4) is 0 Å². The lowest BCUT2D eigenvalue weighted by molar-refractivity contribution is -0.120. The Morgan fingerprint density at radius 3 is 2.40 bits per heavy atom. The molecule has 0 atom stereocenters. The molecule has 0 aliphatic carbocycles. The van der Waals surface area contributed by atoms with Crippen LogP contribution in [-0.2, 0) is 4.79 Å². The van der Waals surface area contributed by atoms with Crippen LogP contribution in [0.15, 0.2) is 24.3 Å². The van der Waals surface area contributed by atoms with Gasteiger partial charge in [0.05, 0.1) is 13.2 Å². The fourth-order valence-electron chi connectivity index (χ4n) is 1.97. The van der Waals surface area contributed by atoms with Crippen molar-refractivity contribution in [2.75, 3.05) is 31.6 Å². The van der Waals surface area contributed by atoms with Gasteiger partial charge in [0.25, 0.3) is 0 Å². The van der Waals surface area contributed by atoms with Crippen LogP contribution >= 0.6 is 0 Å². The number of carbonyl (C=O) groups excluding carboxylic acids is 1. The molecule has 112 valence electrons. The second-order valence-corrected chi connectivity index (χ2v) is 5.75. The number of para-hydroxylation sites is 1. The van der Waals surface area contributed by atoms with E-state index in [1.165, 1.54) is 0 Å². The number of likely N-dealkylation sites (N-methyl/N-ethyl adjacent to an activating group) is 2. The highest BCUT2D eigenvalue weighted by Gasteiger charge is 2.26. The molecule has 1 aromatic carbocycles. The summed E-state index contributed by atoms with van der Waals surface area (Å²) in [5.41, 5.74) is 1.64. The SMILES string of the molecule is CCN(C(=O)CN(C)C(C)(C)CO)c1ccccc1C. The maximum atomic E-state index is 12.5. The molecule has 1 aromatic rings. The zero-order valence-corrected chi connectivity index (χ0v) is 13.2. The van der Waals surface area contributed by atoms with Gasteiger partial charge in [0, 0.05) is 17.8 Å². The van der Waals surface area contributed by atoms with Crippen molar-refractivity contribution in [3.05, 3.63) is 29.8 Å². The van der Waals surface area contributed by atoms with Crippen LogP contribution in [-0.4, -0.2) is 48.2 Å². The van der Waals surface area contributed by atoms with Gasteiger partial charge in [0.15, 0.2) is 0 Å². The lowest BCUT2D eigenvalue weighted by Crippen LogP contribution is -2.49. The Bertz CT molecular complexity index is 458. The van der Waals surface area contributed by atoms with E-state index in [1.807, 2.05) is 63.9 Å². The number of aliphatic hydroxyl groups is 1. The highest BCUT2D eigenvalue weighted by molar-refractivity contribution is 5.95. The van der Waals surface area contributed by atoms with Gasteiger partial charge in [0.1, 0.15) is 0 Å². The predicted molar refractivity (Wildman–Crippen MR) is 83.0 cm³/mol. The summed E-state index contributed by atoms with van der Waals surface area (Å²) in [6, 6.07) is 7.89. The normalized spacial score (nSPS) is 11.8. The number of hydrogen-bond acceptors (Lipinski definition) is 3. The fourth-order valence-corrected chi connectivity index (χ4v) is 1.97. The number of amides is 1. The summed E-state index contributed by atoms with van der Waals surface area (Å²) in [5.74, 6) is 0.0471. The average molecular weight is 278 g/mol. The predicted octanol–water partition coefficient (Wildman–Crippen LogP) is 2.05. The number of benzene rings is 1. The number of aliphatic hydroxyl groups excluding tert-OH is 1. The van der Waals surface area contributed by atoms with Gasteiger partial charge < -0.3 is 10.0 Å². The van der Waals surface area contributed by atoms with E-state index in [1.54, 1.807) is 4.90 Å². The molecule has 0 heterocycles. The van der Waals surface area contributed by atoms with E-state index in [9.17, 15) is 9.90 Å². The largest absolute Gasteiger partial charge is 0.394 e. The second kappa shape index (κ2) is 6.86. The van der Waals surface area contributed by atoms with Crippen LogP contribution in [0.25, 0.3) is 0 Å². The lowest BCUT2D eigenvalue weighted by Gasteiger charge is -2.35. The first-order valence-electron chi connectivity index (χ1n) is 7.01. The monoisotopic (exact) mass is 278 g/mol. The van der Waals surface area contributed by atoms with E-state index in [0.717, 1.165) is 11.3 Å². The van der Waals surface area contributed by atoms with Gasteiger partial charge >= 0.3 is 0 Å². The lowest BCUT2D eigenvalue weighted by atomic mass is 10.1. The standard InChI is InChI=1S/C16H26N2O2/c1-6-18(14-10-8-7-9-13(14)2)15(20)11-17(5)16(3,4)12-19/h7-10,19H,6,11-12H2,1-5H3. The summed E-state index contributed by atoms with van der Waals surface area (Å²) in [6.45, 7) is 8.77. The maximum Gasteiger partial charge on any atom is 0.241 e. The summed E-state index contributed by atoms with van der Waals surface area (Å²) in [6.07, 6.45) is 0. The maximum absolute atomic E-state index is 12.5. The second-order valence-electron chi connectivity index (χ2n) is 5.75. The first kappa shape index (κ1) is 16.7. The van der Waals surface area contributed by atoms with E-state index in [-0.39, 0.29) is 19.1 Å². The number of anilines is 1. The van der Waals surface area contributed by atoms with Gasteiger partial charge in [-0.2, -0.15) is 0 Å². The molecule has 4 nitrogen and oxygen atoms in total. The van der Waals surface area contributed by atoms with Gasteiger partial charge in [-0.3, -0.25) is 9.69 Å². The molecule has 0 spiro atoms. The first-order chi connectivity index (χ1) is 9.33. The van der Waals surface area contributed by atoms with E-state index in [4.69, 9.17) is 0 Å². The molecule has 0 fully saturated rings. The van der Waals surface area contributed by atoms with Crippen LogP contribution in [0.2, 0.25) is 0 Å². The molecule has 4 heteroatoms. The molecular weight excluding hydrogens is 252 g/mol. The van der Waals surface area contributed by atoms with Crippen LogP contribution in [0.5, 0.6) is 0 Å². The third-order valence-electron chi connectivity index (χ3n) is 3.82. The van der Waals surface area contributed by atoms with E-state index >= 15 is 0 Å². The van der Waals surface area contributed by atoms with Crippen LogP contribution in [0.3, 0.4) is 0 Å². The van der Waals surface area contributed by atoms with E-state index in [0.29, 0.717) is 6.54 Å². The Morgan fingerprint density at radius 2 is 1.90 bits per heavy atom. The Labute approximate surface area is 122 Å². The van der Waals surface area contributed by atoms with Crippen molar-refractivity contribution >= 4 is 11.6 Å². The molecule has 1 amide bonds. The molecule has 0 radical (unpaired) electrons. The smallest absolute Gasteiger partial charge is 0.241 e. The molecule has 0 aliphatic heterocycles. The number of hydrogen-bond donors (Lipinski definition) is 1. The third-order valence-corrected chi connectivity index (χ3v) is 3.82. The van der Waals surface area contributed by atoms with Crippen LogP contribution in [0, 0.1) is 6.92 Å². The molecule has 0 bridgehead atoms. The summed E-state index contributed by atoms with van der Waals surface area (Å²) in [4.78, 5) is 16.2. The molecule has 20 heavy (non-hydrogen) atoms. The summed E-state index contributed by atoms with van der Waals surface area (Å²) < 4.78 is 0. The van der Waals surface area contributed by atoms with Crippen molar-refractivity contribution in [2.24, 2.45) is 0 Å². The minimum atomic E-state index is -0.402. The van der Waals surface area contributed by atoms with Gasteiger partial charge in [-0.15, -0.1) is 0 Å². The molecule has 1 rings (SSSR count). The molecule has 0 saturated carbocycles. The van der Waals surface area contributed by atoms with Gasteiger partial charge in [0.2, 0.25) is 5.91 Å². The van der Waals surface area contributed by atoms with Crippen molar-refractivity contribution < 1.29 is 9.90 Å². The Kier molecular flexibility index (Phi) is 5.72. The van der Waals surface area contributed by atoms with Gasteiger partial charge in [-0.25, -0.2) is 0 Å². The third kappa shape index (κ3) is 3.81. The minimum absolute atomic E-state index is 0.0211. The van der Waals surface area contributed by atoms with E-state index < -0.39 is 5.54 Å². The Balaban J connectivity index is 2.87. The fraction of sp³-hybridized carbons (Fsp3) is 0.562. The summed E-state index contributed by atoms with van der Waals surface area (Å²) >= 11 is 0. The number of rotatable bonds is 6. The van der Waals surface area contributed by atoms with Crippen molar-refractivity contribution in [3.63, 3.8) is 0 Å². The quantitative estimate of drug-likeness (QED) is 0.866. The molecule has 1 N–H and O–H groups in total. The molecule has 0 unspecified atom stereocenters. The topological polar surface area (TPSA) is 43.8 Å². The molecule has 0 aliphatic rings. The van der Waals surface area contributed by atoms with E-state index in [2.05, 4.69) is 0 Å². The highest BCUT2D eigenvalue weighted by Crippen LogP contribution is 2.20. The van der Waals surface area contributed by atoms with Crippen molar-refractivity contribution in [1.29, 1.82) is 0 Å². The van der Waals surface area contributed by atoms with Crippen LogP contribution in [0.4, 0.5) is 5.69 Å². The number of nitrogens with zero attached hydrogens (tertiary/aromatic N) is 2. The molecular formula is C16H26N2O2. The zero-order valence-electron chi connectivity index (χ0n) is 13.2. The Hall–Kier alpha value is -1.39. The molecule has 0 aromatic heterocycles. The van der Waals surface area contributed by atoms with Crippen LogP contribution in [0.1, 0.15) is 26.3 Å². The summed E-state index contributed by atoms with van der Waals surface area (Å²) in [5, 5.41) is 9.37. The van der Waals surface area contributed by atoms with Crippen LogP contribution < -0.4 is 4.90 Å². The minimum Gasteiger partial charge on any atom is -0.394 e. The number of carbonyl (C=O) groups is 1. The Morgan fingerprint density at radius 1 is 1.30 bits per heavy atom. The van der Waals surface area contributed by atoms with Crippen molar-refractivity contribution in [2.45, 2.75) is 33.2 Å². The van der Waals surface area contributed by atoms with Crippen molar-refractivity contribution in [1.82, 2.24) is 4.90 Å². The first-order valence-corrected chi connectivity index (χ1v) is 7.01. The average Bonchev–Trinajstić information content (AvgIpc) is 2.41.